The largest absolute Gasteiger partial charge is 0.372 e. The van der Waals surface area contributed by atoms with E-state index in [2.05, 4.69) is 4.98 Å². The van der Waals surface area contributed by atoms with Gasteiger partial charge >= 0.3 is 0 Å². The van der Waals surface area contributed by atoms with Gasteiger partial charge in [0.15, 0.2) is 0 Å². The van der Waals surface area contributed by atoms with Crippen LogP contribution < -0.4 is 0 Å². The van der Waals surface area contributed by atoms with E-state index >= 15 is 0 Å². The maximum absolute atomic E-state index is 13.1. The predicted octanol–water partition coefficient (Wildman–Crippen LogP) is 1.85. The highest BCUT2D eigenvalue weighted by Crippen LogP contribution is 2.42. The van der Waals surface area contributed by atoms with Crippen molar-refractivity contribution in [1.29, 1.82) is 0 Å². The summed E-state index contributed by atoms with van der Waals surface area (Å²) < 4.78 is 5.24. The topological polar surface area (TPSA) is 62.7 Å². The first-order valence-electron chi connectivity index (χ1n) is 9.18. The van der Waals surface area contributed by atoms with Gasteiger partial charge in [0.1, 0.15) is 6.61 Å². The number of hydrogen-bond donors (Lipinski definition) is 0. The molecule has 0 aromatic carbocycles. The second-order valence-electron chi connectivity index (χ2n) is 6.99. The Balaban J connectivity index is 1.61. The van der Waals surface area contributed by atoms with E-state index in [1.165, 1.54) is 0 Å². The van der Waals surface area contributed by atoms with Gasteiger partial charge in [0.25, 0.3) is 0 Å². The maximum atomic E-state index is 13.1. The molecule has 2 aliphatic rings. The van der Waals surface area contributed by atoms with Crippen LogP contribution in [0, 0.1) is 5.41 Å². The molecular weight excluding hydrogens is 318 g/mol. The van der Waals surface area contributed by atoms with E-state index in [1.54, 1.807) is 6.20 Å². The van der Waals surface area contributed by atoms with Crippen LogP contribution in [0.15, 0.2) is 24.5 Å². The first-order valence-corrected chi connectivity index (χ1v) is 9.18. The number of nitrogens with zero attached hydrogens (tertiary/aromatic N) is 3. The zero-order valence-electron chi connectivity index (χ0n) is 14.9. The summed E-state index contributed by atoms with van der Waals surface area (Å²) in [6.45, 7) is 5.37. The Morgan fingerprint density at radius 3 is 2.88 bits per heavy atom. The molecule has 1 aromatic rings. The van der Waals surface area contributed by atoms with E-state index in [0.29, 0.717) is 19.7 Å². The van der Waals surface area contributed by atoms with Gasteiger partial charge in [0, 0.05) is 45.2 Å². The SMILES string of the molecule is CCOCC(=O)N1CCC[C@@]2(CC1)CCN(Cc1cccnc1)C2=O. The number of hydrogen-bond acceptors (Lipinski definition) is 4. The number of carbonyl (C=O) groups is 2. The van der Waals surface area contributed by atoms with Gasteiger partial charge in [-0.3, -0.25) is 14.6 Å². The molecule has 2 aliphatic heterocycles. The fourth-order valence-corrected chi connectivity index (χ4v) is 3.94. The van der Waals surface area contributed by atoms with Gasteiger partial charge in [-0.05, 0) is 44.2 Å². The molecule has 1 aromatic heterocycles. The van der Waals surface area contributed by atoms with E-state index in [0.717, 1.165) is 44.3 Å². The fourth-order valence-electron chi connectivity index (χ4n) is 3.94. The molecule has 0 unspecified atom stereocenters. The summed E-state index contributed by atoms with van der Waals surface area (Å²) in [5, 5.41) is 0. The van der Waals surface area contributed by atoms with Gasteiger partial charge in [0.2, 0.25) is 11.8 Å². The molecule has 6 heteroatoms. The lowest BCUT2D eigenvalue weighted by molar-refractivity contribution is -0.139. The van der Waals surface area contributed by atoms with Crippen LogP contribution in [-0.2, 0) is 20.9 Å². The highest BCUT2D eigenvalue weighted by molar-refractivity contribution is 5.85. The van der Waals surface area contributed by atoms with Crippen molar-refractivity contribution >= 4 is 11.8 Å². The highest BCUT2D eigenvalue weighted by atomic mass is 16.5. The molecule has 0 bridgehead atoms. The van der Waals surface area contributed by atoms with Crippen molar-refractivity contribution in [3.05, 3.63) is 30.1 Å². The molecule has 1 atom stereocenters. The summed E-state index contributed by atoms with van der Waals surface area (Å²) >= 11 is 0. The zero-order chi connectivity index (χ0) is 17.7. The molecule has 1 spiro atoms. The lowest BCUT2D eigenvalue weighted by atomic mass is 9.79. The molecule has 25 heavy (non-hydrogen) atoms. The summed E-state index contributed by atoms with van der Waals surface area (Å²) in [6, 6.07) is 3.91. The number of likely N-dealkylation sites (tertiary alicyclic amines) is 2. The van der Waals surface area contributed by atoms with Gasteiger partial charge in [0.05, 0.1) is 5.41 Å². The summed E-state index contributed by atoms with van der Waals surface area (Å²) in [4.78, 5) is 33.2. The Hall–Kier alpha value is -1.95. The molecule has 136 valence electrons. The van der Waals surface area contributed by atoms with Crippen LogP contribution in [0.5, 0.6) is 0 Å². The van der Waals surface area contributed by atoms with Crippen LogP contribution >= 0.6 is 0 Å². The van der Waals surface area contributed by atoms with Crippen LogP contribution in [0.2, 0.25) is 0 Å². The van der Waals surface area contributed by atoms with E-state index in [9.17, 15) is 9.59 Å². The molecular formula is C19H27N3O3. The number of pyridine rings is 1. The van der Waals surface area contributed by atoms with Gasteiger partial charge in [-0.15, -0.1) is 0 Å². The smallest absolute Gasteiger partial charge is 0.248 e. The lowest BCUT2D eigenvalue weighted by Crippen LogP contribution is -2.37. The van der Waals surface area contributed by atoms with Crippen LogP contribution in [0.1, 0.15) is 38.2 Å². The standard InChI is InChI=1S/C19H27N3O3/c1-2-25-15-17(23)21-10-4-6-19(7-11-21)8-12-22(18(19)24)14-16-5-3-9-20-13-16/h3,5,9,13H,2,4,6-8,10-12,14-15H2,1H3/t19-/m1/s1. The molecule has 2 fully saturated rings. The molecule has 6 nitrogen and oxygen atoms in total. The first-order chi connectivity index (χ1) is 12.1. The Bertz CT molecular complexity index is 607. The molecule has 0 aliphatic carbocycles. The third-order valence-electron chi connectivity index (χ3n) is 5.42. The van der Waals surface area contributed by atoms with Crippen LogP contribution in [-0.4, -0.2) is 59.4 Å². The Labute approximate surface area is 149 Å². The predicted molar refractivity (Wildman–Crippen MR) is 93.6 cm³/mol. The van der Waals surface area contributed by atoms with Gasteiger partial charge in [-0.2, -0.15) is 0 Å². The Kier molecular flexibility index (Phi) is 5.68. The van der Waals surface area contributed by atoms with Crippen LogP contribution in [0.4, 0.5) is 0 Å². The third-order valence-corrected chi connectivity index (χ3v) is 5.42. The minimum atomic E-state index is -0.289. The third kappa shape index (κ3) is 4.00. The lowest BCUT2D eigenvalue weighted by Gasteiger charge is -2.26. The van der Waals surface area contributed by atoms with Crippen molar-refractivity contribution in [1.82, 2.24) is 14.8 Å². The summed E-state index contributed by atoms with van der Waals surface area (Å²) in [6.07, 6.45) is 6.96. The highest BCUT2D eigenvalue weighted by Gasteiger charge is 2.47. The van der Waals surface area contributed by atoms with Crippen LogP contribution in [0.25, 0.3) is 0 Å². The first kappa shape index (κ1) is 17.9. The monoisotopic (exact) mass is 345 g/mol. The summed E-state index contributed by atoms with van der Waals surface area (Å²) in [7, 11) is 0. The second-order valence-corrected chi connectivity index (χ2v) is 6.99. The molecule has 3 heterocycles. The van der Waals surface area contributed by atoms with Gasteiger partial charge < -0.3 is 14.5 Å². The molecule has 3 rings (SSSR count). The summed E-state index contributed by atoms with van der Waals surface area (Å²) in [5.41, 5.74) is 0.776. The summed E-state index contributed by atoms with van der Waals surface area (Å²) in [5.74, 6) is 0.284. The van der Waals surface area contributed by atoms with Crippen molar-refractivity contribution in [3.63, 3.8) is 0 Å². The average Bonchev–Trinajstić information content (AvgIpc) is 2.82. The number of amides is 2. The maximum Gasteiger partial charge on any atom is 0.248 e. The minimum absolute atomic E-state index is 0.0385. The van der Waals surface area contributed by atoms with Gasteiger partial charge in [-0.25, -0.2) is 0 Å². The van der Waals surface area contributed by atoms with E-state index in [4.69, 9.17) is 4.74 Å². The van der Waals surface area contributed by atoms with Crippen molar-refractivity contribution < 1.29 is 14.3 Å². The number of rotatable bonds is 5. The molecule has 0 saturated carbocycles. The molecule has 0 radical (unpaired) electrons. The zero-order valence-corrected chi connectivity index (χ0v) is 14.9. The normalized spacial score (nSPS) is 24.0. The van der Waals surface area contributed by atoms with Crippen molar-refractivity contribution in [3.8, 4) is 0 Å². The van der Waals surface area contributed by atoms with Crippen molar-refractivity contribution in [2.24, 2.45) is 5.41 Å². The number of ether oxygens (including phenoxy) is 1. The number of aromatic nitrogens is 1. The van der Waals surface area contributed by atoms with Crippen molar-refractivity contribution in [2.45, 2.75) is 39.2 Å². The average molecular weight is 345 g/mol. The van der Waals surface area contributed by atoms with E-state index < -0.39 is 0 Å². The Morgan fingerprint density at radius 2 is 2.12 bits per heavy atom. The van der Waals surface area contributed by atoms with E-state index in [1.807, 2.05) is 35.1 Å². The minimum Gasteiger partial charge on any atom is -0.372 e. The second kappa shape index (κ2) is 7.95. The Morgan fingerprint density at radius 1 is 1.28 bits per heavy atom. The van der Waals surface area contributed by atoms with Gasteiger partial charge in [-0.1, -0.05) is 6.07 Å². The molecule has 0 N–H and O–H groups in total. The van der Waals surface area contributed by atoms with Crippen molar-refractivity contribution in [2.75, 3.05) is 32.8 Å². The van der Waals surface area contributed by atoms with E-state index in [-0.39, 0.29) is 23.8 Å². The number of carbonyl (C=O) groups excluding carboxylic acids is 2. The fraction of sp³-hybridized carbons (Fsp3) is 0.632. The molecule has 2 saturated heterocycles. The van der Waals surface area contributed by atoms with Crippen LogP contribution in [0.3, 0.4) is 0 Å². The quantitative estimate of drug-likeness (QED) is 0.817. The molecule has 2 amide bonds.